The van der Waals surface area contributed by atoms with Gasteiger partial charge in [-0.15, -0.1) is 24.0 Å². The van der Waals surface area contributed by atoms with E-state index in [1.165, 1.54) is 11.3 Å². The maximum Gasteiger partial charge on any atom is 0.490 e. The molecule has 1 aromatic carbocycles. The fourth-order valence-corrected chi connectivity index (χ4v) is 2.83. The number of thiophene rings is 1. The zero-order chi connectivity index (χ0) is 10.3. The lowest BCUT2D eigenvalue weighted by Gasteiger charge is -2.06. The summed E-state index contributed by atoms with van der Waals surface area (Å²) in [7, 11) is -1.56. The third kappa shape index (κ3) is 1.55. The van der Waals surface area contributed by atoms with Crippen LogP contribution in [0, 0.1) is 0 Å². The first-order valence-corrected chi connectivity index (χ1v) is 5.56. The molecule has 0 bridgehead atoms. The van der Waals surface area contributed by atoms with E-state index in [4.69, 9.17) is 21.6 Å². The Labute approximate surface area is 95.7 Å². The molecule has 0 atom stereocenters. The van der Waals surface area contributed by atoms with Gasteiger partial charge in [0, 0.05) is 15.1 Å². The molecular formula is C8H6BClO2S2. The van der Waals surface area contributed by atoms with Crippen LogP contribution in [0.1, 0.15) is 0 Å². The van der Waals surface area contributed by atoms with Gasteiger partial charge in [0.25, 0.3) is 0 Å². The van der Waals surface area contributed by atoms with Crippen LogP contribution in [0.4, 0.5) is 0 Å². The summed E-state index contributed by atoms with van der Waals surface area (Å²) in [6, 6.07) is 3.56. The first-order valence-electron chi connectivity index (χ1n) is 3.86. The van der Waals surface area contributed by atoms with E-state index >= 15 is 0 Å². The van der Waals surface area contributed by atoms with E-state index in [1.54, 1.807) is 6.07 Å². The Bertz CT molecular complexity index is 483. The largest absolute Gasteiger partial charge is 0.490 e. The number of thiol groups is 1. The van der Waals surface area contributed by atoms with Crippen molar-refractivity contribution in [3.63, 3.8) is 0 Å². The summed E-state index contributed by atoms with van der Waals surface area (Å²) in [6.07, 6.45) is 0. The Morgan fingerprint density at radius 1 is 1.43 bits per heavy atom. The molecule has 0 aliphatic rings. The van der Waals surface area contributed by atoms with Crippen LogP contribution in [0.2, 0.25) is 5.02 Å². The highest BCUT2D eigenvalue weighted by Gasteiger charge is 2.19. The van der Waals surface area contributed by atoms with Gasteiger partial charge in [-0.2, -0.15) is 0 Å². The molecule has 0 aliphatic carbocycles. The molecule has 0 saturated carbocycles. The van der Waals surface area contributed by atoms with Crippen LogP contribution in [-0.4, -0.2) is 17.2 Å². The average Bonchev–Trinajstić information content (AvgIpc) is 2.58. The lowest BCUT2D eigenvalue weighted by Crippen LogP contribution is -2.30. The second-order valence-corrected chi connectivity index (χ2v) is 4.58. The lowest BCUT2D eigenvalue weighted by molar-refractivity contribution is 0.426. The molecule has 14 heavy (non-hydrogen) atoms. The molecule has 1 aromatic heterocycles. The van der Waals surface area contributed by atoms with Crippen molar-refractivity contribution in [2.45, 2.75) is 4.90 Å². The van der Waals surface area contributed by atoms with Crippen LogP contribution in [0.5, 0.6) is 0 Å². The Morgan fingerprint density at radius 2 is 2.14 bits per heavy atom. The van der Waals surface area contributed by atoms with Crippen molar-refractivity contribution in [3.8, 4) is 0 Å². The molecule has 0 radical (unpaired) electrons. The molecule has 2 rings (SSSR count). The SMILES string of the molecule is OB(O)c1cc2ccsc2c(S)c1Cl. The average molecular weight is 245 g/mol. The Balaban J connectivity index is 2.80. The summed E-state index contributed by atoms with van der Waals surface area (Å²) >= 11 is 11.7. The second-order valence-electron chi connectivity index (χ2n) is 2.84. The monoisotopic (exact) mass is 244 g/mol. The van der Waals surface area contributed by atoms with E-state index in [9.17, 15) is 0 Å². The molecule has 0 unspecified atom stereocenters. The van der Waals surface area contributed by atoms with Crippen molar-refractivity contribution in [1.29, 1.82) is 0 Å². The summed E-state index contributed by atoms with van der Waals surface area (Å²) in [5, 5.41) is 21.3. The first kappa shape index (κ1) is 10.3. The Hall–Kier alpha value is -0.195. The molecule has 0 saturated heterocycles. The van der Waals surface area contributed by atoms with E-state index in [1.807, 2.05) is 11.4 Å². The van der Waals surface area contributed by atoms with Gasteiger partial charge in [-0.1, -0.05) is 17.7 Å². The maximum absolute atomic E-state index is 9.07. The van der Waals surface area contributed by atoms with E-state index in [-0.39, 0.29) is 0 Å². The van der Waals surface area contributed by atoms with Crippen LogP contribution in [-0.2, 0) is 0 Å². The predicted molar refractivity (Wildman–Crippen MR) is 63.9 cm³/mol. The zero-order valence-corrected chi connectivity index (χ0v) is 9.40. The Kier molecular flexibility index (Phi) is 2.77. The minimum atomic E-state index is -1.56. The normalized spacial score (nSPS) is 10.9. The molecule has 2 nitrogen and oxygen atoms in total. The topological polar surface area (TPSA) is 40.5 Å². The van der Waals surface area contributed by atoms with Crippen molar-refractivity contribution in [3.05, 3.63) is 22.5 Å². The second kappa shape index (κ2) is 3.75. The van der Waals surface area contributed by atoms with Crippen LogP contribution in [0.25, 0.3) is 10.1 Å². The molecule has 1 heterocycles. The molecule has 6 heteroatoms. The number of hydrogen-bond acceptors (Lipinski definition) is 4. The van der Waals surface area contributed by atoms with Gasteiger partial charge in [-0.3, -0.25) is 0 Å². The van der Waals surface area contributed by atoms with Crippen LogP contribution in [0.3, 0.4) is 0 Å². The van der Waals surface area contributed by atoms with Gasteiger partial charge >= 0.3 is 7.12 Å². The van der Waals surface area contributed by atoms with Crippen molar-refractivity contribution < 1.29 is 10.0 Å². The van der Waals surface area contributed by atoms with Crippen LogP contribution in [0.15, 0.2) is 22.4 Å². The standard InChI is InChI=1S/C8H6BClO2S2/c10-6-5(9(11)12)3-4-1-2-14-8(4)7(6)13/h1-3,11-13H. The molecular weight excluding hydrogens is 238 g/mol. The first-order chi connectivity index (χ1) is 6.61. The van der Waals surface area contributed by atoms with Gasteiger partial charge < -0.3 is 10.0 Å². The summed E-state index contributed by atoms with van der Waals surface area (Å²) < 4.78 is 0.961. The minimum Gasteiger partial charge on any atom is -0.423 e. The Morgan fingerprint density at radius 3 is 2.79 bits per heavy atom. The molecule has 0 amide bonds. The molecule has 0 aliphatic heterocycles. The summed E-state index contributed by atoms with van der Waals surface area (Å²) in [4.78, 5) is 0.599. The van der Waals surface area contributed by atoms with E-state index in [0.29, 0.717) is 15.4 Å². The van der Waals surface area contributed by atoms with E-state index < -0.39 is 7.12 Å². The molecule has 2 aromatic rings. The van der Waals surface area contributed by atoms with Gasteiger partial charge in [0.05, 0.1) is 5.02 Å². The third-order valence-electron chi connectivity index (χ3n) is 1.96. The zero-order valence-electron chi connectivity index (χ0n) is 6.94. The highest BCUT2D eigenvalue weighted by atomic mass is 35.5. The number of benzene rings is 1. The highest BCUT2D eigenvalue weighted by molar-refractivity contribution is 7.81. The molecule has 0 fully saturated rings. The molecule has 72 valence electrons. The van der Waals surface area contributed by atoms with Gasteiger partial charge in [0.15, 0.2) is 0 Å². The third-order valence-corrected chi connectivity index (χ3v) is 4.05. The molecule has 0 spiro atoms. The molecule has 2 N–H and O–H groups in total. The quantitative estimate of drug-likeness (QED) is 0.526. The fraction of sp³-hybridized carbons (Fsp3) is 0. The fourth-order valence-electron chi connectivity index (χ4n) is 1.28. The summed E-state index contributed by atoms with van der Waals surface area (Å²) in [6.45, 7) is 0. The predicted octanol–water partition coefficient (Wildman–Crippen LogP) is 1.52. The highest BCUT2D eigenvalue weighted by Crippen LogP contribution is 2.31. The number of halogens is 1. The van der Waals surface area contributed by atoms with Crippen molar-refractivity contribution in [2.75, 3.05) is 0 Å². The van der Waals surface area contributed by atoms with Gasteiger partial charge in [0.2, 0.25) is 0 Å². The number of fused-ring (bicyclic) bond motifs is 1. The van der Waals surface area contributed by atoms with Gasteiger partial charge in [-0.25, -0.2) is 0 Å². The minimum absolute atomic E-state index is 0.294. The van der Waals surface area contributed by atoms with Gasteiger partial charge in [-0.05, 0) is 16.8 Å². The number of hydrogen-bond donors (Lipinski definition) is 3. The van der Waals surface area contributed by atoms with Crippen LogP contribution >= 0.6 is 35.6 Å². The van der Waals surface area contributed by atoms with Crippen molar-refractivity contribution in [2.24, 2.45) is 0 Å². The summed E-state index contributed by atoms with van der Waals surface area (Å²) in [5.74, 6) is 0. The van der Waals surface area contributed by atoms with E-state index in [2.05, 4.69) is 12.6 Å². The summed E-state index contributed by atoms with van der Waals surface area (Å²) in [5.41, 5.74) is 0.294. The van der Waals surface area contributed by atoms with E-state index in [0.717, 1.165) is 10.1 Å². The van der Waals surface area contributed by atoms with Crippen molar-refractivity contribution in [1.82, 2.24) is 0 Å². The maximum atomic E-state index is 9.07. The van der Waals surface area contributed by atoms with Gasteiger partial charge in [0.1, 0.15) is 0 Å². The lowest BCUT2D eigenvalue weighted by atomic mass is 9.80. The van der Waals surface area contributed by atoms with Crippen molar-refractivity contribution >= 4 is 58.2 Å². The smallest absolute Gasteiger partial charge is 0.423 e. The number of rotatable bonds is 1. The van der Waals surface area contributed by atoms with Crippen LogP contribution < -0.4 is 5.46 Å².